The third-order valence-corrected chi connectivity index (χ3v) is 5.31. The molecule has 138 valence electrons. The molecule has 0 spiro atoms. The Labute approximate surface area is 148 Å². The van der Waals surface area contributed by atoms with Crippen LogP contribution in [-0.4, -0.2) is 20.4 Å². The monoisotopic (exact) mass is 384 g/mol. The minimum Gasteiger partial charge on any atom is -0.322 e. The van der Waals surface area contributed by atoms with Gasteiger partial charge in [0.25, 0.3) is 5.91 Å². The number of hydrogen-bond acceptors (Lipinski definition) is 3. The van der Waals surface area contributed by atoms with Gasteiger partial charge in [-0.1, -0.05) is 6.07 Å². The van der Waals surface area contributed by atoms with E-state index in [2.05, 4.69) is 10.0 Å². The molecule has 0 aliphatic heterocycles. The summed E-state index contributed by atoms with van der Waals surface area (Å²) in [5, 5.41) is 2.37. The smallest absolute Gasteiger partial charge is 0.322 e. The van der Waals surface area contributed by atoms with Crippen LogP contribution in [0.15, 0.2) is 53.4 Å². The van der Waals surface area contributed by atoms with E-state index in [9.17, 15) is 26.4 Å². The first-order chi connectivity index (χ1) is 12.1. The summed E-state index contributed by atoms with van der Waals surface area (Å²) in [6.45, 7) is 0. The molecule has 2 aromatic carbocycles. The van der Waals surface area contributed by atoms with E-state index in [1.807, 2.05) is 0 Å². The van der Waals surface area contributed by atoms with Gasteiger partial charge >= 0.3 is 6.18 Å². The second-order valence-electron chi connectivity index (χ2n) is 5.95. The SMILES string of the molecule is O=C(Nc1cccc(C(F)(F)F)c1)c1ccc(S(=O)(=O)NC2CC2)cc1. The Morgan fingerprint density at radius 1 is 1.04 bits per heavy atom. The predicted molar refractivity (Wildman–Crippen MR) is 89.2 cm³/mol. The molecule has 3 rings (SSSR count). The molecule has 2 aromatic rings. The Kier molecular flexibility index (Phi) is 4.76. The van der Waals surface area contributed by atoms with Crippen molar-refractivity contribution in [2.75, 3.05) is 5.32 Å². The van der Waals surface area contributed by atoms with Crippen LogP contribution in [0.2, 0.25) is 0 Å². The van der Waals surface area contributed by atoms with E-state index >= 15 is 0 Å². The van der Waals surface area contributed by atoms with Crippen LogP contribution in [0.3, 0.4) is 0 Å². The number of amides is 1. The molecule has 0 heterocycles. The molecule has 1 aliphatic rings. The van der Waals surface area contributed by atoms with E-state index in [-0.39, 0.29) is 22.2 Å². The number of anilines is 1. The summed E-state index contributed by atoms with van der Waals surface area (Å²) in [5.41, 5.74) is -0.743. The summed E-state index contributed by atoms with van der Waals surface area (Å²) in [5.74, 6) is -0.636. The Balaban J connectivity index is 1.72. The zero-order valence-corrected chi connectivity index (χ0v) is 14.2. The van der Waals surface area contributed by atoms with Crippen LogP contribution in [0.25, 0.3) is 0 Å². The van der Waals surface area contributed by atoms with Crippen molar-refractivity contribution in [1.82, 2.24) is 4.72 Å². The van der Waals surface area contributed by atoms with Crippen LogP contribution in [0.1, 0.15) is 28.8 Å². The summed E-state index contributed by atoms with van der Waals surface area (Å²) < 4.78 is 64.8. The number of carbonyl (C=O) groups excluding carboxylic acids is 1. The molecule has 5 nitrogen and oxygen atoms in total. The number of halogens is 3. The Hall–Kier alpha value is -2.39. The van der Waals surface area contributed by atoms with E-state index in [4.69, 9.17) is 0 Å². The van der Waals surface area contributed by atoms with Gasteiger partial charge in [0.2, 0.25) is 10.0 Å². The molecule has 0 aromatic heterocycles. The second kappa shape index (κ2) is 6.73. The standard InChI is InChI=1S/C17H15F3N2O3S/c18-17(19,20)12-2-1-3-14(10-12)21-16(23)11-4-8-15(9-5-11)26(24,25)22-13-6-7-13/h1-5,8-10,13,22H,6-7H2,(H,21,23). The predicted octanol–water partition coefficient (Wildman–Crippen LogP) is 3.40. The lowest BCUT2D eigenvalue weighted by molar-refractivity contribution is -0.137. The highest BCUT2D eigenvalue weighted by Crippen LogP contribution is 2.30. The van der Waals surface area contributed by atoms with E-state index in [1.165, 1.54) is 36.4 Å². The minimum atomic E-state index is -4.51. The van der Waals surface area contributed by atoms with Gasteiger partial charge in [-0.2, -0.15) is 13.2 Å². The van der Waals surface area contributed by atoms with Crippen LogP contribution in [0.4, 0.5) is 18.9 Å². The first-order valence-electron chi connectivity index (χ1n) is 7.76. The topological polar surface area (TPSA) is 75.3 Å². The van der Waals surface area contributed by atoms with Crippen molar-refractivity contribution in [2.45, 2.75) is 30.0 Å². The highest BCUT2D eigenvalue weighted by atomic mass is 32.2. The van der Waals surface area contributed by atoms with Crippen molar-refractivity contribution in [3.8, 4) is 0 Å². The summed E-state index contributed by atoms with van der Waals surface area (Å²) >= 11 is 0. The minimum absolute atomic E-state index is 0.00285. The number of rotatable bonds is 5. The second-order valence-corrected chi connectivity index (χ2v) is 7.67. The Bertz CT molecular complexity index is 921. The third-order valence-electron chi connectivity index (χ3n) is 3.77. The average Bonchev–Trinajstić information content (AvgIpc) is 3.38. The quantitative estimate of drug-likeness (QED) is 0.830. The van der Waals surface area contributed by atoms with Gasteiger partial charge in [0, 0.05) is 17.3 Å². The van der Waals surface area contributed by atoms with E-state index in [0.717, 1.165) is 25.0 Å². The Morgan fingerprint density at radius 2 is 1.69 bits per heavy atom. The molecule has 9 heteroatoms. The van der Waals surface area contributed by atoms with Gasteiger partial charge in [-0.25, -0.2) is 13.1 Å². The van der Waals surface area contributed by atoms with Crippen LogP contribution in [0.5, 0.6) is 0 Å². The third kappa shape index (κ3) is 4.41. The van der Waals surface area contributed by atoms with Gasteiger partial charge in [-0.05, 0) is 55.3 Å². The van der Waals surface area contributed by atoms with E-state index < -0.39 is 27.7 Å². The molecule has 0 atom stereocenters. The van der Waals surface area contributed by atoms with Gasteiger partial charge in [0.05, 0.1) is 10.5 Å². The normalized spacial score (nSPS) is 14.9. The maximum absolute atomic E-state index is 12.7. The molecule has 2 N–H and O–H groups in total. The van der Waals surface area contributed by atoms with Gasteiger partial charge in [-0.3, -0.25) is 4.79 Å². The molecular weight excluding hydrogens is 369 g/mol. The van der Waals surface area contributed by atoms with Crippen molar-refractivity contribution in [3.63, 3.8) is 0 Å². The van der Waals surface area contributed by atoms with Crippen molar-refractivity contribution >= 4 is 21.6 Å². The highest BCUT2D eigenvalue weighted by Gasteiger charge is 2.30. The maximum Gasteiger partial charge on any atom is 0.416 e. The van der Waals surface area contributed by atoms with Crippen LogP contribution in [-0.2, 0) is 16.2 Å². The number of hydrogen-bond donors (Lipinski definition) is 2. The number of nitrogens with one attached hydrogen (secondary N) is 2. The molecule has 0 radical (unpaired) electrons. The molecule has 1 fully saturated rings. The number of alkyl halides is 3. The van der Waals surface area contributed by atoms with Crippen molar-refractivity contribution < 1.29 is 26.4 Å². The number of carbonyl (C=O) groups is 1. The molecule has 1 amide bonds. The first kappa shape index (κ1) is 18.4. The number of sulfonamides is 1. The molecular formula is C17H15F3N2O3S. The van der Waals surface area contributed by atoms with Gasteiger partial charge in [-0.15, -0.1) is 0 Å². The molecule has 26 heavy (non-hydrogen) atoms. The molecule has 0 bridgehead atoms. The van der Waals surface area contributed by atoms with Crippen molar-refractivity contribution in [1.29, 1.82) is 0 Å². The fourth-order valence-electron chi connectivity index (χ4n) is 2.25. The highest BCUT2D eigenvalue weighted by molar-refractivity contribution is 7.89. The Morgan fingerprint density at radius 3 is 2.27 bits per heavy atom. The van der Waals surface area contributed by atoms with Crippen molar-refractivity contribution in [3.05, 3.63) is 59.7 Å². The maximum atomic E-state index is 12.7. The van der Waals surface area contributed by atoms with Gasteiger partial charge < -0.3 is 5.32 Å². The van der Waals surface area contributed by atoms with Crippen molar-refractivity contribution in [2.24, 2.45) is 0 Å². The lowest BCUT2D eigenvalue weighted by Crippen LogP contribution is -2.25. The van der Waals surface area contributed by atoms with Crippen LogP contribution in [0, 0.1) is 0 Å². The first-order valence-corrected chi connectivity index (χ1v) is 9.24. The largest absolute Gasteiger partial charge is 0.416 e. The summed E-state index contributed by atoms with van der Waals surface area (Å²) in [7, 11) is -3.63. The van der Waals surface area contributed by atoms with E-state index in [1.54, 1.807) is 0 Å². The van der Waals surface area contributed by atoms with Gasteiger partial charge in [0.15, 0.2) is 0 Å². The average molecular weight is 384 g/mol. The molecule has 0 unspecified atom stereocenters. The molecule has 1 saturated carbocycles. The summed E-state index contributed by atoms with van der Waals surface area (Å²) in [6.07, 6.45) is -2.90. The van der Waals surface area contributed by atoms with E-state index in [0.29, 0.717) is 0 Å². The van der Waals surface area contributed by atoms with Crippen LogP contribution < -0.4 is 10.0 Å². The lowest BCUT2D eigenvalue weighted by atomic mass is 10.1. The zero-order valence-electron chi connectivity index (χ0n) is 13.4. The fraction of sp³-hybridized carbons (Fsp3) is 0.235. The molecule has 1 aliphatic carbocycles. The van der Waals surface area contributed by atoms with Crippen LogP contribution >= 0.6 is 0 Å². The summed E-state index contributed by atoms with van der Waals surface area (Å²) in [4.78, 5) is 12.2. The molecule has 0 saturated heterocycles. The zero-order chi connectivity index (χ0) is 18.9. The lowest BCUT2D eigenvalue weighted by Gasteiger charge is -2.10. The summed E-state index contributed by atoms with van der Waals surface area (Å²) in [6, 6.07) is 9.41. The fourth-order valence-corrected chi connectivity index (χ4v) is 3.56. The number of benzene rings is 2. The van der Waals surface area contributed by atoms with Gasteiger partial charge in [0.1, 0.15) is 0 Å².